The molecule has 0 spiro atoms. The molecule has 0 radical (unpaired) electrons. The molecule has 0 amide bonds. The molecule has 1 saturated heterocycles. The lowest BCUT2D eigenvalue weighted by Gasteiger charge is -2.26. The Morgan fingerprint density at radius 1 is 1.25 bits per heavy atom. The molecule has 24 heavy (non-hydrogen) atoms. The van der Waals surface area contributed by atoms with Crippen molar-refractivity contribution in [2.75, 3.05) is 33.4 Å². The van der Waals surface area contributed by atoms with Crippen LogP contribution in [-0.4, -0.2) is 51.7 Å². The number of aromatic nitrogens is 1. The summed E-state index contributed by atoms with van der Waals surface area (Å²) in [7, 11) is -2.37. The molecule has 0 N–H and O–H groups in total. The summed E-state index contributed by atoms with van der Waals surface area (Å²) in [6.45, 7) is 4.44. The summed E-state index contributed by atoms with van der Waals surface area (Å²) in [5, 5.41) is 2.57. The first-order valence-corrected chi connectivity index (χ1v) is 10.1. The van der Waals surface area contributed by atoms with Gasteiger partial charge >= 0.3 is 0 Å². The molecule has 0 atom stereocenters. The predicted molar refractivity (Wildman–Crippen MR) is 93.3 cm³/mol. The van der Waals surface area contributed by atoms with E-state index < -0.39 is 10.1 Å². The molecule has 0 aliphatic carbocycles. The van der Waals surface area contributed by atoms with Crippen LogP contribution in [0.3, 0.4) is 0 Å². The Balaban J connectivity index is 1.66. The fourth-order valence-electron chi connectivity index (χ4n) is 2.52. The highest BCUT2D eigenvalue weighted by Crippen LogP contribution is 2.25. The zero-order chi connectivity index (χ0) is 17.0. The van der Waals surface area contributed by atoms with Gasteiger partial charge in [0.25, 0.3) is 10.1 Å². The van der Waals surface area contributed by atoms with Gasteiger partial charge in [-0.3, -0.25) is 9.08 Å². The molecule has 130 valence electrons. The van der Waals surface area contributed by atoms with Gasteiger partial charge in [-0.05, 0) is 5.56 Å². The third kappa shape index (κ3) is 4.61. The quantitative estimate of drug-likeness (QED) is 0.728. The Hall–Kier alpha value is -1.32. The summed E-state index contributed by atoms with van der Waals surface area (Å²) < 4.78 is 32.8. The van der Waals surface area contributed by atoms with Gasteiger partial charge in [-0.1, -0.05) is 24.3 Å². The summed E-state index contributed by atoms with van der Waals surface area (Å²) in [5.41, 5.74) is 2.75. The standard InChI is InChI=1S/C16H20N2O4S2/c1-21-24(19,20)12-15-11-23-16(17-15)14-4-2-13(3-5-14)10-18-6-8-22-9-7-18/h2-5,11H,6-10,12H2,1H3. The molecular formula is C16H20N2O4S2. The fraction of sp³-hybridized carbons (Fsp3) is 0.438. The van der Waals surface area contributed by atoms with Crippen LogP contribution in [0.2, 0.25) is 0 Å². The van der Waals surface area contributed by atoms with E-state index in [-0.39, 0.29) is 5.75 Å². The molecular weight excluding hydrogens is 348 g/mol. The lowest BCUT2D eigenvalue weighted by molar-refractivity contribution is 0.0342. The second kappa shape index (κ2) is 7.71. The van der Waals surface area contributed by atoms with Crippen molar-refractivity contribution in [3.8, 4) is 10.6 Å². The minimum atomic E-state index is -3.54. The minimum absolute atomic E-state index is 0.199. The summed E-state index contributed by atoms with van der Waals surface area (Å²) in [5.74, 6) is -0.199. The first kappa shape index (κ1) is 17.5. The van der Waals surface area contributed by atoms with E-state index in [1.165, 1.54) is 16.9 Å². The Labute approximate surface area is 146 Å². The van der Waals surface area contributed by atoms with Crippen molar-refractivity contribution in [1.82, 2.24) is 9.88 Å². The highest BCUT2D eigenvalue weighted by atomic mass is 32.2. The Bertz CT molecular complexity index is 766. The van der Waals surface area contributed by atoms with Crippen molar-refractivity contribution in [3.05, 3.63) is 40.9 Å². The first-order valence-electron chi connectivity index (χ1n) is 7.68. The predicted octanol–water partition coefficient (Wildman–Crippen LogP) is 2.12. The van der Waals surface area contributed by atoms with E-state index in [4.69, 9.17) is 4.74 Å². The summed E-state index contributed by atoms with van der Waals surface area (Å²) in [6.07, 6.45) is 0. The van der Waals surface area contributed by atoms with Gasteiger partial charge in [0.1, 0.15) is 10.8 Å². The van der Waals surface area contributed by atoms with E-state index in [1.54, 1.807) is 5.38 Å². The second-order valence-corrected chi connectivity index (χ2v) is 8.19. The van der Waals surface area contributed by atoms with Gasteiger partial charge in [0.15, 0.2) is 0 Å². The third-order valence-corrected chi connectivity index (χ3v) is 5.94. The van der Waals surface area contributed by atoms with Gasteiger partial charge in [0.05, 0.1) is 26.0 Å². The average molecular weight is 368 g/mol. The lowest BCUT2D eigenvalue weighted by atomic mass is 10.1. The van der Waals surface area contributed by atoms with Crippen molar-refractivity contribution >= 4 is 21.5 Å². The number of morpholine rings is 1. The van der Waals surface area contributed by atoms with Crippen LogP contribution in [0.1, 0.15) is 11.3 Å². The topological polar surface area (TPSA) is 68.7 Å². The number of rotatable bonds is 6. The Kier molecular flexibility index (Phi) is 5.62. The maximum atomic E-state index is 11.5. The highest BCUT2D eigenvalue weighted by Gasteiger charge is 2.14. The van der Waals surface area contributed by atoms with Crippen molar-refractivity contribution in [2.45, 2.75) is 12.3 Å². The van der Waals surface area contributed by atoms with Crippen LogP contribution in [0.15, 0.2) is 29.6 Å². The number of hydrogen-bond acceptors (Lipinski definition) is 7. The van der Waals surface area contributed by atoms with Crippen LogP contribution in [-0.2, 0) is 31.3 Å². The molecule has 1 aliphatic rings. The van der Waals surface area contributed by atoms with Crippen LogP contribution < -0.4 is 0 Å². The van der Waals surface area contributed by atoms with Crippen LogP contribution in [0.4, 0.5) is 0 Å². The zero-order valence-electron chi connectivity index (χ0n) is 13.5. The monoisotopic (exact) mass is 368 g/mol. The molecule has 8 heteroatoms. The molecule has 1 aromatic carbocycles. The van der Waals surface area contributed by atoms with E-state index in [9.17, 15) is 8.42 Å². The molecule has 0 unspecified atom stereocenters. The molecule has 1 fully saturated rings. The summed E-state index contributed by atoms with van der Waals surface area (Å²) >= 11 is 1.44. The van der Waals surface area contributed by atoms with Gasteiger partial charge in [-0.25, -0.2) is 4.98 Å². The fourth-order valence-corrected chi connectivity index (χ4v) is 4.08. The SMILES string of the molecule is COS(=O)(=O)Cc1csc(-c2ccc(CN3CCOCC3)cc2)n1. The van der Waals surface area contributed by atoms with Crippen LogP contribution >= 0.6 is 11.3 Å². The molecule has 0 saturated carbocycles. The molecule has 1 aliphatic heterocycles. The van der Waals surface area contributed by atoms with Crippen LogP contribution in [0.25, 0.3) is 10.6 Å². The van der Waals surface area contributed by atoms with Gasteiger partial charge < -0.3 is 4.74 Å². The highest BCUT2D eigenvalue weighted by molar-refractivity contribution is 7.85. The van der Waals surface area contributed by atoms with Gasteiger partial charge in [-0.2, -0.15) is 8.42 Å². The van der Waals surface area contributed by atoms with Gasteiger partial charge in [0.2, 0.25) is 0 Å². The van der Waals surface area contributed by atoms with E-state index in [0.717, 1.165) is 50.5 Å². The van der Waals surface area contributed by atoms with E-state index in [1.807, 2.05) is 12.1 Å². The van der Waals surface area contributed by atoms with Crippen LogP contribution in [0.5, 0.6) is 0 Å². The number of thiazole rings is 1. The summed E-state index contributed by atoms with van der Waals surface area (Å²) in [4.78, 5) is 6.76. The molecule has 1 aromatic heterocycles. The summed E-state index contributed by atoms with van der Waals surface area (Å²) in [6, 6.07) is 8.25. The second-order valence-electron chi connectivity index (χ2n) is 5.60. The number of benzene rings is 1. The molecule has 2 heterocycles. The van der Waals surface area contributed by atoms with E-state index in [0.29, 0.717) is 5.69 Å². The lowest BCUT2D eigenvalue weighted by Crippen LogP contribution is -2.35. The van der Waals surface area contributed by atoms with Crippen molar-refractivity contribution in [3.63, 3.8) is 0 Å². The van der Waals surface area contributed by atoms with Crippen molar-refractivity contribution in [2.24, 2.45) is 0 Å². The number of ether oxygens (including phenoxy) is 1. The van der Waals surface area contributed by atoms with Gasteiger partial charge in [0, 0.05) is 30.6 Å². The largest absolute Gasteiger partial charge is 0.379 e. The smallest absolute Gasteiger partial charge is 0.272 e. The average Bonchev–Trinajstić information content (AvgIpc) is 3.04. The Morgan fingerprint density at radius 3 is 2.62 bits per heavy atom. The third-order valence-electron chi connectivity index (χ3n) is 3.84. The molecule has 2 aromatic rings. The number of nitrogens with zero attached hydrogens (tertiary/aromatic N) is 2. The molecule has 6 nitrogen and oxygen atoms in total. The molecule has 0 bridgehead atoms. The molecule has 3 rings (SSSR count). The first-order chi connectivity index (χ1) is 11.6. The maximum absolute atomic E-state index is 11.5. The number of hydrogen-bond donors (Lipinski definition) is 0. The minimum Gasteiger partial charge on any atom is -0.379 e. The van der Waals surface area contributed by atoms with E-state index in [2.05, 4.69) is 26.2 Å². The van der Waals surface area contributed by atoms with Crippen molar-refractivity contribution in [1.29, 1.82) is 0 Å². The van der Waals surface area contributed by atoms with Crippen molar-refractivity contribution < 1.29 is 17.3 Å². The zero-order valence-corrected chi connectivity index (χ0v) is 15.1. The maximum Gasteiger partial charge on any atom is 0.272 e. The Morgan fingerprint density at radius 2 is 1.96 bits per heavy atom. The van der Waals surface area contributed by atoms with Gasteiger partial charge in [-0.15, -0.1) is 11.3 Å². The normalized spacial score (nSPS) is 16.4. The van der Waals surface area contributed by atoms with Crippen LogP contribution in [0, 0.1) is 0 Å². The van der Waals surface area contributed by atoms with E-state index >= 15 is 0 Å².